The largest absolute Gasteiger partial charge is 0.325 e. The van der Waals surface area contributed by atoms with Crippen LogP contribution in [0.4, 0.5) is 0 Å². The third-order valence-electron chi connectivity index (χ3n) is 4.11. The van der Waals surface area contributed by atoms with Crippen LogP contribution in [0.5, 0.6) is 0 Å². The maximum atomic E-state index is 6.29. The Labute approximate surface area is 87.8 Å². The molecule has 0 aromatic rings. The van der Waals surface area contributed by atoms with Crippen LogP contribution in [0.15, 0.2) is 0 Å². The SMILES string of the molecule is CCC1CC1(N)CCN1CCCCC1. The second-order valence-electron chi connectivity index (χ2n) is 5.19. The topological polar surface area (TPSA) is 29.3 Å². The van der Waals surface area contributed by atoms with E-state index >= 15 is 0 Å². The number of nitrogens with zero attached hydrogens (tertiary/aromatic N) is 1. The Morgan fingerprint density at radius 3 is 2.57 bits per heavy atom. The number of likely N-dealkylation sites (tertiary alicyclic amines) is 1. The molecule has 1 saturated carbocycles. The Morgan fingerprint density at radius 1 is 1.29 bits per heavy atom. The van der Waals surface area contributed by atoms with Crippen molar-refractivity contribution in [3.8, 4) is 0 Å². The molecule has 2 aliphatic rings. The average Bonchev–Trinajstić information content (AvgIpc) is 2.89. The van der Waals surface area contributed by atoms with Crippen LogP contribution < -0.4 is 5.73 Å². The zero-order valence-electron chi connectivity index (χ0n) is 9.47. The van der Waals surface area contributed by atoms with E-state index in [1.54, 1.807) is 0 Å². The molecule has 0 bridgehead atoms. The predicted molar refractivity (Wildman–Crippen MR) is 60.2 cm³/mol. The Kier molecular flexibility index (Phi) is 3.13. The van der Waals surface area contributed by atoms with Crippen molar-refractivity contribution < 1.29 is 0 Å². The van der Waals surface area contributed by atoms with E-state index in [2.05, 4.69) is 11.8 Å². The number of hydrogen-bond donors (Lipinski definition) is 1. The maximum Gasteiger partial charge on any atom is 0.0199 e. The fourth-order valence-corrected chi connectivity index (χ4v) is 2.81. The summed E-state index contributed by atoms with van der Waals surface area (Å²) < 4.78 is 0. The minimum Gasteiger partial charge on any atom is -0.325 e. The minimum atomic E-state index is 0.228. The lowest BCUT2D eigenvalue weighted by atomic mass is 10.1. The van der Waals surface area contributed by atoms with Crippen LogP contribution in [0.2, 0.25) is 0 Å². The molecule has 14 heavy (non-hydrogen) atoms. The summed E-state index contributed by atoms with van der Waals surface area (Å²) in [6.45, 7) is 6.13. The summed E-state index contributed by atoms with van der Waals surface area (Å²) in [7, 11) is 0. The zero-order valence-corrected chi connectivity index (χ0v) is 9.47. The summed E-state index contributed by atoms with van der Waals surface area (Å²) in [5.41, 5.74) is 6.52. The zero-order chi connectivity index (χ0) is 10.0. The highest BCUT2D eigenvalue weighted by Crippen LogP contribution is 2.45. The number of hydrogen-bond acceptors (Lipinski definition) is 2. The summed E-state index contributed by atoms with van der Waals surface area (Å²) in [5, 5.41) is 0. The monoisotopic (exact) mass is 196 g/mol. The molecule has 2 unspecified atom stereocenters. The minimum absolute atomic E-state index is 0.228. The molecule has 0 aromatic carbocycles. The van der Waals surface area contributed by atoms with Crippen LogP contribution in [-0.2, 0) is 0 Å². The molecule has 2 rings (SSSR count). The highest BCUT2D eigenvalue weighted by atomic mass is 15.1. The van der Waals surface area contributed by atoms with Gasteiger partial charge in [-0.15, -0.1) is 0 Å². The van der Waals surface area contributed by atoms with Crippen LogP contribution >= 0.6 is 0 Å². The number of piperidine rings is 1. The third kappa shape index (κ3) is 2.29. The molecular formula is C12H24N2. The van der Waals surface area contributed by atoms with Crippen LogP contribution in [0.25, 0.3) is 0 Å². The van der Waals surface area contributed by atoms with Gasteiger partial charge in [-0.2, -0.15) is 0 Å². The molecule has 82 valence electrons. The van der Waals surface area contributed by atoms with Gasteiger partial charge in [-0.25, -0.2) is 0 Å². The van der Waals surface area contributed by atoms with Crippen molar-refractivity contribution in [2.24, 2.45) is 11.7 Å². The molecule has 1 heterocycles. The normalized spacial score (nSPS) is 38.6. The average molecular weight is 196 g/mol. The lowest BCUT2D eigenvalue weighted by Crippen LogP contribution is -2.36. The highest BCUT2D eigenvalue weighted by molar-refractivity contribution is 5.07. The fraction of sp³-hybridized carbons (Fsp3) is 1.00. The standard InChI is InChI=1S/C12H24N2/c1-2-11-10-12(11,13)6-9-14-7-4-3-5-8-14/h11H,2-10,13H2,1H3. The van der Waals surface area contributed by atoms with Crippen molar-refractivity contribution in [1.29, 1.82) is 0 Å². The van der Waals surface area contributed by atoms with Crippen LogP contribution in [0.1, 0.15) is 45.4 Å². The Bertz CT molecular complexity index is 187. The van der Waals surface area contributed by atoms with E-state index < -0.39 is 0 Å². The molecule has 2 atom stereocenters. The predicted octanol–water partition coefficient (Wildman–Crippen LogP) is 1.99. The molecule has 2 nitrogen and oxygen atoms in total. The Morgan fingerprint density at radius 2 is 2.00 bits per heavy atom. The molecule has 2 heteroatoms. The number of rotatable bonds is 4. The first-order chi connectivity index (χ1) is 6.74. The van der Waals surface area contributed by atoms with Gasteiger partial charge in [-0.1, -0.05) is 19.8 Å². The van der Waals surface area contributed by atoms with Gasteiger partial charge in [0.25, 0.3) is 0 Å². The van der Waals surface area contributed by atoms with Crippen LogP contribution in [0, 0.1) is 5.92 Å². The van der Waals surface area contributed by atoms with E-state index in [4.69, 9.17) is 5.73 Å². The molecule has 2 fully saturated rings. The molecule has 0 spiro atoms. The van der Waals surface area contributed by atoms with Gasteiger partial charge in [-0.3, -0.25) is 0 Å². The van der Waals surface area contributed by atoms with Crippen molar-refractivity contribution in [1.82, 2.24) is 4.90 Å². The second kappa shape index (κ2) is 4.19. The van der Waals surface area contributed by atoms with Gasteiger partial charge in [0.05, 0.1) is 0 Å². The first-order valence-electron chi connectivity index (χ1n) is 6.26. The van der Waals surface area contributed by atoms with E-state index in [0.29, 0.717) is 0 Å². The van der Waals surface area contributed by atoms with Crippen LogP contribution in [-0.4, -0.2) is 30.1 Å². The van der Waals surface area contributed by atoms with Gasteiger partial charge in [-0.05, 0) is 51.2 Å². The highest BCUT2D eigenvalue weighted by Gasteiger charge is 2.48. The van der Waals surface area contributed by atoms with Crippen molar-refractivity contribution in [2.75, 3.05) is 19.6 Å². The fourth-order valence-electron chi connectivity index (χ4n) is 2.81. The molecule has 0 aromatic heterocycles. The van der Waals surface area contributed by atoms with Crippen molar-refractivity contribution in [3.05, 3.63) is 0 Å². The smallest absolute Gasteiger partial charge is 0.0199 e. The lowest BCUT2D eigenvalue weighted by molar-refractivity contribution is 0.217. The second-order valence-corrected chi connectivity index (χ2v) is 5.19. The summed E-state index contributed by atoms with van der Waals surface area (Å²) in [6.07, 6.45) is 8.00. The van der Waals surface area contributed by atoms with E-state index in [0.717, 1.165) is 5.92 Å². The lowest BCUT2D eigenvalue weighted by Gasteiger charge is -2.27. The van der Waals surface area contributed by atoms with Crippen molar-refractivity contribution in [3.63, 3.8) is 0 Å². The molecule has 1 aliphatic heterocycles. The summed E-state index contributed by atoms with van der Waals surface area (Å²) >= 11 is 0. The first kappa shape index (κ1) is 10.4. The molecule has 2 N–H and O–H groups in total. The molecule has 0 amide bonds. The van der Waals surface area contributed by atoms with Gasteiger partial charge in [0.1, 0.15) is 0 Å². The van der Waals surface area contributed by atoms with Crippen LogP contribution in [0.3, 0.4) is 0 Å². The summed E-state index contributed by atoms with van der Waals surface area (Å²) in [5.74, 6) is 0.826. The van der Waals surface area contributed by atoms with Crippen molar-refractivity contribution >= 4 is 0 Å². The maximum absolute atomic E-state index is 6.29. The summed E-state index contributed by atoms with van der Waals surface area (Å²) in [4.78, 5) is 2.60. The van der Waals surface area contributed by atoms with Gasteiger partial charge >= 0.3 is 0 Å². The third-order valence-corrected chi connectivity index (χ3v) is 4.11. The van der Waals surface area contributed by atoms with Gasteiger partial charge in [0.2, 0.25) is 0 Å². The number of nitrogens with two attached hydrogens (primary N) is 1. The Hall–Kier alpha value is -0.0800. The molecule has 0 radical (unpaired) electrons. The van der Waals surface area contributed by atoms with E-state index in [-0.39, 0.29) is 5.54 Å². The van der Waals surface area contributed by atoms with Gasteiger partial charge in [0, 0.05) is 5.54 Å². The van der Waals surface area contributed by atoms with E-state index in [1.807, 2.05) is 0 Å². The Balaban J connectivity index is 1.67. The molecular weight excluding hydrogens is 172 g/mol. The molecule has 1 saturated heterocycles. The van der Waals surface area contributed by atoms with Gasteiger partial charge in [0.15, 0.2) is 0 Å². The quantitative estimate of drug-likeness (QED) is 0.745. The summed E-state index contributed by atoms with van der Waals surface area (Å²) in [6, 6.07) is 0. The molecule has 1 aliphatic carbocycles. The first-order valence-corrected chi connectivity index (χ1v) is 6.26. The van der Waals surface area contributed by atoms with Crippen molar-refractivity contribution in [2.45, 2.75) is 51.0 Å². The van der Waals surface area contributed by atoms with E-state index in [1.165, 1.54) is 58.2 Å². The van der Waals surface area contributed by atoms with Gasteiger partial charge < -0.3 is 10.6 Å². The van der Waals surface area contributed by atoms with E-state index in [9.17, 15) is 0 Å².